The molecule has 0 atom stereocenters. The third kappa shape index (κ3) is 3.77. The van der Waals surface area contributed by atoms with Gasteiger partial charge in [-0.3, -0.25) is 0 Å². The summed E-state index contributed by atoms with van der Waals surface area (Å²) in [5.41, 5.74) is 0.596. The third-order valence-corrected chi connectivity index (χ3v) is 5.16. The van der Waals surface area contributed by atoms with E-state index >= 15 is 0 Å². The SMILES string of the molecule is CCNCc1ccc(F)cc1S(=O)(=O)NC1CCCC1. The molecule has 1 aromatic rings. The summed E-state index contributed by atoms with van der Waals surface area (Å²) in [6.45, 7) is 3.08. The van der Waals surface area contributed by atoms with Gasteiger partial charge in [0, 0.05) is 12.6 Å². The van der Waals surface area contributed by atoms with Gasteiger partial charge in [0.15, 0.2) is 0 Å². The molecule has 2 rings (SSSR count). The van der Waals surface area contributed by atoms with Crippen molar-refractivity contribution in [1.29, 1.82) is 0 Å². The molecule has 0 aromatic heterocycles. The van der Waals surface area contributed by atoms with Crippen LogP contribution in [0, 0.1) is 5.82 Å². The zero-order valence-corrected chi connectivity index (χ0v) is 12.5. The summed E-state index contributed by atoms with van der Waals surface area (Å²) in [4.78, 5) is 0.0466. The standard InChI is InChI=1S/C14H21FN2O2S/c1-2-16-10-11-7-8-12(15)9-14(11)20(18,19)17-13-5-3-4-6-13/h7-9,13,16-17H,2-6,10H2,1H3. The van der Waals surface area contributed by atoms with Gasteiger partial charge in [-0.25, -0.2) is 17.5 Å². The molecule has 1 aliphatic rings. The van der Waals surface area contributed by atoms with Gasteiger partial charge in [0.05, 0.1) is 4.90 Å². The van der Waals surface area contributed by atoms with Gasteiger partial charge in [0.2, 0.25) is 10.0 Å². The van der Waals surface area contributed by atoms with Crippen LogP contribution in [0.2, 0.25) is 0 Å². The maximum absolute atomic E-state index is 13.4. The van der Waals surface area contributed by atoms with E-state index in [1.165, 1.54) is 12.1 Å². The molecule has 0 aliphatic heterocycles. The predicted octanol–water partition coefficient (Wildman–Crippen LogP) is 2.16. The maximum Gasteiger partial charge on any atom is 0.241 e. The minimum absolute atomic E-state index is 0.0183. The van der Waals surface area contributed by atoms with Crippen molar-refractivity contribution in [1.82, 2.24) is 10.0 Å². The normalized spacial score (nSPS) is 16.7. The minimum atomic E-state index is -3.66. The fourth-order valence-electron chi connectivity index (χ4n) is 2.51. The molecule has 112 valence electrons. The Bertz CT molecular complexity index is 554. The summed E-state index contributed by atoms with van der Waals surface area (Å²) in [7, 11) is -3.66. The van der Waals surface area contributed by atoms with Crippen LogP contribution in [0.15, 0.2) is 23.1 Å². The molecule has 6 heteroatoms. The molecule has 1 aromatic carbocycles. The van der Waals surface area contributed by atoms with Gasteiger partial charge in [-0.15, -0.1) is 0 Å². The molecule has 1 fully saturated rings. The molecular formula is C14H21FN2O2S. The van der Waals surface area contributed by atoms with Crippen molar-refractivity contribution in [3.8, 4) is 0 Å². The topological polar surface area (TPSA) is 58.2 Å². The summed E-state index contributed by atoms with van der Waals surface area (Å²) < 4.78 is 40.9. The Balaban J connectivity index is 2.26. The monoisotopic (exact) mass is 300 g/mol. The van der Waals surface area contributed by atoms with E-state index in [2.05, 4.69) is 10.0 Å². The van der Waals surface area contributed by atoms with Crippen LogP contribution in [-0.4, -0.2) is 21.0 Å². The van der Waals surface area contributed by atoms with Crippen LogP contribution >= 0.6 is 0 Å². The first-order valence-electron chi connectivity index (χ1n) is 7.04. The Hall–Kier alpha value is -0.980. The first-order valence-corrected chi connectivity index (χ1v) is 8.52. The highest BCUT2D eigenvalue weighted by atomic mass is 32.2. The second-order valence-electron chi connectivity index (χ2n) is 5.14. The lowest BCUT2D eigenvalue weighted by atomic mass is 10.2. The summed E-state index contributed by atoms with van der Waals surface area (Å²) in [6.07, 6.45) is 3.80. The number of hydrogen-bond donors (Lipinski definition) is 2. The summed E-state index contributed by atoms with van der Waals surface area (Å²) in [5, 5.41) is 3.08. The molecule has 20 heavy (non-hydrogen) atoms. The molecule has 0 unspecified atom stereocenters. The number of nitrogens with one attached hydrogen (secondary N) is 2. The van der Waals surface area contributed by atoms with Crippen LogP contribution in [0.1, 0.15) is 38.2 Å². The molecule has 1 saturated carbocycles. The fourth-order valence-corrected chi connectivity index (χ4v) is 4.07. The zero-order chi connectivity index (χ0) is 14.6. The van der Waals surface area contributed by atoms with E-state index in [-0.39, 0.29) is 10.9 Å². The van der Waals surface area contributed by atoms with E-state index in [0.717, 1.165) is 38.3 Å². The highest BCUT2D eigenvalue weighted by Gasteiger charge is 2.25. The van der Waals surface area contributed by atoms with Gasteiger partial charge in [0.1, 0.15) is 5.82 Å². The Morgan fingerprint density at radius 3 is 2.65 bits per heavy atom. The Morgan fingerprint density at radius 2 is 2.00 bits per heavy atom. The molecule has 0 amide bonds. The average molecular weight is 300 g/mol. The van der Waals surface area contributed by atoms with Crippen molar-refractivity contribution in [2.75, 3.05) is 6.54 Å². The molecule has 0 bridgehead atoms. The van der Waals surface area contributed by atoms with E-state index in [4.69, 9.17) is 0 Å². The largest absolute Gasteiger partial charge is 0.313 e. The lowest BCUT2D eigenvalue weighted by Gasteiger charge is -2.15. The number of halogens is 1. The van der Waals surface area contributed by atoms with E-state index in [9.17, 15) is 12.8 Å². The second kappa shape index (κ2) is 6.65. The van der Waals surface area contributed by atoms with Gasteiger partial charge < -0.3 is 5.32 Å². The molecule has 4 nitrogen and oxygen atoms in total. The Labute approximate surface area is 119 Å². The molecule has 0 saturated heterocycles. The highest BCUT2D eigenvalue weighted by Crippen LogP contribution is 2.22. The van der Waals surface area contributed by atoms with Gasteiger partial charge in [-0.2, -0.15) is 0 Å². The van der Waals surface area contributed by atoms with Crippen LogP contribution in [0.3, 0.4) is 0 Å². The number of sulfonamides is 1. The zero-order valence-electron chi connectivity index (χ0n) is 11.7. The van der Waals surface area contributed by atoms with Gasteiger partial charge >= 0.3 is 0 Å². The number of rotatable bonds is 6. The first-order chi connectivity index (χ1) is 9.53. The van der Waals surface area contributed by atoms with Crippen LogP contribution < -0.4 is 10.0 Å². The predicted molar refractivity (Wildman–Crippen MR) is 76.4 cm³/mol. The van der Waals surface area contributed by atoms with Gasteiger partial charge in [-0.1, -0.05) is 25.8 Å². The Morgan fingerprint density at radius 1 is 1.30 bits per heavy atom. The van der Waals surface area contributed by atoms with Crippen LogP contribution in [-0.2, 0) is 16.6 Å². The van der Waals surface area contributed by atoms with Crippen LogP contribution in [0.5, 0.6) is 0 Å². The van der Waals surface area contributed by atoms with Crippen molar-refractivity contribution in [2.24, 2.45) is 0 Å². The average Bonchev–Trinajstić information content (AvgIpc) is 2.89. The molecule has 0 radical (unpaired) electrons. The quantitative estimate of drug-likeness (QED) is 0.846. The molecule has 0 spiro atoms. The highest BCUT2D eigenvalue weighted by molar-refractivity contribution is 7.89. The van der Waals surface area contributed by atoms with Gasteiger partial charge in [0.25, 0.3) is 0 Å². The summed E-state index contributed by atoms with van der Waals surface area (Å²) >= 11 is 0. The summed E-state index contributed by atoms with van der Waals surface area (Å²) in [6, 6.07) is 3.90. The fraction of sp³-hybridized carbons (Fsp3) is 0.571. The van der Waals surface area contributed by atoms with E-state index in [1.54, 1.807) is 0 Å². The molecule has 1 aliphatic carbocycles. The molecule has 0 heterocycles. The van der Waals surface area contributed by atoms with Gasteiger partial charge in [-0.05, 0) is 37.1 Å². The van der Waals surface area contributed by atoms with E-state index < -0.39 is 15.8 Å². The lowest BCUT2D eigenvalue weighted by Crippen LogP contribution is -2.33. The number of benzene rings is 1. The first kappa shape index (κ1) is 15.4. The van der Waals surface area contributed by atoms with E-state index in [1.807, 2.05) is 6.92 Å². The molecule has 2 N–H and O–H groups in total. The smallest absolute Gasteiger partial charge is 0.241 e. The van der Waals surface area contributed by atoms with Crippen molar-refractivity contribution >= 4 is 10.0 Å². The van der Waals surface area contributed by atoms with E-state index in [0.29, 0.717) is 12.1 Å². The third-order valence-electron chi connectivity index (χ3n) is 3.56. The maximum atomic E-state index is 13.4. The van der Waals surface area contributed by atoms with Crippen molar-refractivity contribution in [2.45, 2.75) is 50.1 Å². The van der Waals surface area contributed by atoms with Crippen LogP contribution in [0.4, 0.5) is 4.39 Å². The summed E-state index contributed by atoms with van der Waals surface area (Å²) in [5.74, 6) is -0.531. The van der Waals surface area contributed by atoms with Crippen molar-refractivity contribution < 1.29 is 12.8 Å². The number of hydrogen-bond acceptors (Lipinski definition) is 3. The lowest BCUT2D eigenvalue weighted by molar-refractivity contribution is 0.547. The second-order valence-corrected chi connectivity index (χ2v) is 6.82. The minimum Gasteiger partial charge on any atom is -0.313 e. The van der Waals surface area contributed by atoms with Crippen LogP contribution in [0.25, 0.3) is 0 Å². The van der Waals surface area contributed by atoms with Crippen molar-refractivity contribution in [3.05, 3.63) is 29.6 Å². The Kier molecular flexibility index (Phi) is 5.12. The molecular weight excluding hydrogens is 279 g/mol. The van der Waals surface area contributed by atoms with Crippen molar-refractivity contribution in [3.63, 3.8) is 0 Å².